The third-order valence-corrected chi connectivity index (χ3v) is 5.50. The van der Waals surface area contributed by atoms with Crippen molar-refractivity contribution in [2.45, 2.75) is 37.2 Å². The van der Waals surface area contributed by atoms with Crippen molar-refractivity contribution in [1.82, 2.24) is 14.8 Å². The van der Waals surface area contributed by atoms with Crippen LogP contribution in [0, 0.1) is 5.82 Å². The Kier molecular flexibility index (Phi) is 6.82. The molecule has 3 aromatic rings. The summed E-state index contributed by atoms with van der Waals surface area (Å²) in [6, 6.07) is 14.2. The molecule has 0 spiro atoms. The molecule has 1 amide bonds. The first-order valence-electron chi connectivity index (χ1n) is 9.39. The first-order valence-corrected chi connectivity index (χ1v) is 10.3. The Morgan fingerprint density at radius 2 is 1.97 bits per heavy atom. The van der Waals surface area contributed by atoms with E-state index < -0.39 is 5.25 Å². The number of hydrogen-bond acceptors (Lipinski definition) is 4. The third kappa shape index (κ3) is 4.92. The van der Waals surface area contributed by atoms with Crippen LogP contribution >= 0.6 is 11.8 Å². The van der Waals surface area contributed by atoms with Crippen molar-refractivity contribution in [1.29, 1.82) is 0 Å². The zero-order chi connectivity index (χ0) is 20.8. The van der Waals surface area contributed by atoms with E-state index in [1.54, 1.807) is 35.8 Å². The van der Waals surface area contributed by atoms with Crippen LogP contribution < -0.4 is 5.32 Å². The van der Waals surface area contributed by atoms with Crippen molar-refractivity contribution in [3.8, 4) is 11.4 Å². The van der Waals surface area contributed by atoms with Gasteiger partial charge >= 0.3 is 0 Å². The van der Waals surface area contributed by atoms with Crippen LogP contribution in [0.1, 0.15) is 19.4 Å². The van der Waals surface area contributed by atoms with Gasteiger partial charge in [0, 0.05) is 12.2 Å². The van der Waals surface area contributed by atoms with Gasteiger partial charge in [-0.2, -0.15) is 0 Å². The standard InChI is InChI=1S/C22H23FN4OS/c1-4-14-27-20(18-8-6-7-9-19(18)23)25-26-22(27)29-15(3)21(28)24-17-12-10-16(5-2)11-13-17/h4,6-13,15H,1,5,14H2,2-3H3,(H,24,28). The molecule has 1 unspecified atom stereocenters. The molecule has 3 rings (SSSR count). The van der Waals surface area contributed by atoms with Gasteiger partial charge in [-0.15, -0.1) is 16.8 Å². The smallest absolute Gasteiger partial charge is 0.237 e. The average molecular weight is 411 g/mol. The van der Waals surface area contributed by atoms with Gasteiger partial charge in [0.05, 0.1) is 10.8 Å². The topological polar surface area (TPSA) is 59.8 Å². The molecule has 1 N–H and O–H groups in total. The van der Waals surface area contributed by atoms with Gasteiger partial charge in [0.1, 0.15) is 5.82 Å². The Hall–Kier alpha value is -2.93. The number of thioether (sulfide) groups is 1. The number of amides is 1. The molecule has 7 heteroatoms. The summed E-state index contributed by atoms with van der Waals surface area (Å²) in [5, 5.41) is 11.4. The van der Waals surface area contributed by atoms with Gasteiger partial charge in [0.2, 0.25) is 5.91 Å². The van der Waals surface area contributed by atoms with E-state index in [4.69, 9.17) is 0 Å². The molecule has 0 aliphatic rings. The van der Waals surface area contributed by atoms with Crippen molar-refractivity contribution < 1.29 is 9.18 Å². The third-order valence-electron chi connectivity index (χ3n) is 4.42. The summed E-state index contributed by atoms with van der Waals surface area (Å²) < 4.78 is 16.0. The highest BCUT2D eigenvalue weighted by Crippen LogP contribution is 2.28. The molecule has 1 atom stereocenters. The molecule has 1 heterocycles. The Morgan fingerprint density at radius 1 is 1.24 bits per heavy atom. The predicted octanol–water partition coefficient (Wildman–Crippen LogP) is 4.95. The molecule has 0 bridgehead atoms. The van der Waals surface area contributed by atoms with Gasteiger partial charge in [0.15, 0.2) is 11.0 Å². The van der Waals surface area contributed by atoms with Gasteiger partial charge in [-0.05, 0) is 43.2 Å². The fourth-order valence-electron chi connectivity index (χ4n) is 2.79. The highest BCUT2D eigenvalue weighted by Gasteiger charge is 2.21. The Morgan fingerprint density at radius 3 is 2.62 bits per heavy atom. The first-order chi connectivity index (χ1) is 14.0. The molecule has 2 aromatic carbocycles. The molecule has 1 aromatic heterocycles. The summed E-state index contributed by atoms with van der Waals surface area (Å²) in [6.45, 7) is 8.05. The van der Waals surface area contributed by atoms with E-state index in [0.29, 0.717) is 23.1 Å². The van der Waals surface area contributed by atoms with E-state index in [9.17, 15) is 9.18 Å². The van der Waals surface area contributed by atoms with E-state index in [0.717, 1.165) is 12.1 Å². The second kappa shape index (κ2) is 9.52. The minimum absolute atomic E-state index is 0.139. The molecule has 0 saturated heterocycles. The SMILES string of the molecule is C=CCn1c(SC(C)C(=O)Nc2ccc(CC)cc2)nnc1-c1ccccc1F. The van der Waals surface area contributed by atoms with Crippen molar-refractivity contribution in [3.63, 3.8) is 0 Å². The van der Waals surface area contributed by atoms with Crippen LogP contribution in [0.4, 0.5) is 10.1 Å². The maximum atomic E-state index is 14.2. The number of carbonyl (C=O) groups is 1. The minimum Gasteiger partial charge on any atom is -0.325 e. The number of benzene rings is 2. The fourth-order valence-corrected chi connectivity index (χ4v) is 3.65. The zero-order valence-corrected chi connectivity index (χ0v) is 17.2. The number of nitrogens with zero attached hydrogens (tertiary/aromatic N) is 3. The maximum Gasteiger partial charge on any atom is 0.237 e. The average Bonchev–Trinajstić information content (AvgIpc) is 3.11. The van der Waals surface area contributed by atoms with Crippen molar-refractivity contribution in [3.05, 3.63) is 72.6 Å². The lowest BCUT2D eigenvalue weighted by molar-refractivity contribution is -0.115. The molecule has 150 valence electrons. The lowest BCUT2D eigenvalue weighted by atomic mass is 10.1. The molecule has 0 saturated carbocycles. The van der Waals surface area contributed by atoms with Crippen LogP contribution in [0.2, 0.25) is 0 Å². The number of anilines is 1. The number of aromatic nitrogens is 3. The summed E-state index contributed by atoms with van der Waals surface area (Å²) in [7, 11) is 0. The quantitative estimate of drug-likeness (QED) is 0.422. The molecular formula is C22H23FN4OS. The predicted molar refractivity (Wildman–Crippen MR) is 115 cm³/mol. The number of rotatable bonds is 8. The Labute approximate surface area is 174 Å². The lowest BCUT2D eigenvalue weighted by Crippen LogP contribution is -2.23. The van der Waals surface area contributed by atoms with Crippen LogP contribution in [-0.2, 0) is 17.8 Å². The van der Waals surface area contributed by atoms with E-state index in [1.165, 1.54) is 23.4 Å². The van der Waals surface area contributed by atoms with Crippen LogP contribution in [0.5, 0.6) is 0 Å². The Balaban J connectivity index is 1.77. The number of hydrogen-bond donors (Lipinski definition) is 1. The summed E-state index contributed by atoms with van der Waals surface area (Å²) in [6.07, 6.45) is 2.64. The second-order valence-corrected chi connectivity index (χ2v) is 7.79. The van der Waals surface area contributed by atoms with Gasteiger partial charge < -0.3 is 5.32 Å². The van der Waals surface area contributed by atoms with Gasteiger partial charge in [-0.25, -0.2) is 4.39 Å². The number of carbonyl (C=O) groups excluding carboxylic acids is 1. The summed E-state index contributed by atoms with van der Waals surface area (Å²) >= 11 is 1.27. The monoisotopic (exact) mass is 410 g/mol. The van der Waals surface area contributed by atoms with E-state index in [1.807, 2.05) is 24.3 Å². The van der Waals surface area contributed by atoms with E-state index in [-0.39, 0.29) is 11.7 Å². The highest BCUT2D eigenvalue weighted by atomic mass is 32.2. The zero-order valence-electron chi connectivity index (χ0n) is 16.4. The minimum atomic E-state index is -0.415. The van der Waals surface area contributed by atoms with Crippen LogP contribution in [0.3, 0.4) is 0 Å². The summed E-state index contributed by atoms with van der Waals surface area (Å²) in [5.74, 6) is -0.101. The molecule has 5 nitrogen and oxygen atoms in total. The molecule has 0 aliphatic heterocycles. The van der Waals surface area contributed by atoms with Gasteiger partial charge in [-0.1, -0.05) is 49.0 Å². The normalized spacial score (nSPS) is 11.8. The van der Waals surface area contributed by atoms with Gasteiger partial charge in [-0.3, -0.25) is 9.36 Å². The van der Waals surface area contributed by atoms with E-state index in [2.05, 4.69) is 29.0 Å². The first kappa shape index (κ1) is 20.8. The van der Waals surface area contributed by atoms with Crippen LogP contribution in [0.15, 0.2) is 66.3 Å². The van der Waals surface area contributed by atoms with Crippen molar-refractivity contribution in [2.75, 3.05) is 5.32 Å². The second-order valence-electron chi connectivity index (χ2n) is 6.49. The lowest BCUT2D eigenvalue weighted by Gasteiger charge is -2.13. The summed E-state index contributed by atoms with van der Waals surface area (Å²) in [4.78, 5) is 12.6. The van der Waals surface area contributed by atoms with Crippen LogP contribution in [0.25, 0.3) is 11.4 Å². The summed E-state index contributed by atoms with van der Waals surface area (Å²) in [5.41, 5.74) is 2.32. The molecule has 0 fully saturated rings. The van der Waals surface area contributed by atoms with E-state index >= 15 is 0 Å². The fraction of sp³-hybridized carbons (Fsp3) is 0.227. The van der Waals surface area contributed by atoms with Crippen molar-refractivity contribution >= 4 is 23.4 Å². The molecule has 0 aliphatic carbocycles. The maximum absolute atomic E-state index is 14.2. The number of aryl methyl sites for hydroxylation is 1. The van der Waals surface area contributed by atoms with Gasteiger partial charge in [0.25, 0.3) is 0 Å². The Bertz CT molecular complexity index is 1000. The number of nitrogens with one attached hydrogen (secondary N) is 1. The van der Waals surface area contributed by atoms with Crippen LogP contribution in [-0.4, -0.2) is 25.9 Å². The number of allylic oxidation sites excluding steroid dienone is 1. The molecule has 0 radical (unpaired) electrons. The van der Waals surface area contributed by atoms with Crippen molar-refractivity contribution in [2.24, 2.45) is 0 Å². The highest BCUT2D eigenvalue weighted by molar-refractivity contribution is 8.00. The molecule has 29 heavy (non-hydrogen) atoms. The number of halogens is 1. The molecular weight excluding hydrogens is 387 g/mol. The largest absolute Gasteiger partial charge is 0.325 e.